The minimum Gasteiger partial charge on any atom is -0.308 e. The Hall–Kier alpha value is -3.42. The molecule has 0 aliphatic carbocycles. The molecule has 0 aliphatic rings. The van der Waals surface area contributed by atoms with Gasteiger partial charge in [-0.05, 0) is 69.7 Å². The summed E-state index contributed by atoms with van der Waals surface area (Å²) in [6.45, 7) is 0. The van der Waals surface area contributed by atoms with E-state index in [9.17, 15) is 14.0 Å². The molecule has 0 fully saturated rings. The quantitative estimate of drug-likeness (QED) is 0.239. The van der Waals surface area contributed by atoms with Crippen molar-refractivity contribution in [1.29, 1.82) is 0 Å². The number of benzene rings is 3. The van der Waals surface area contributed by atoms with Crippen molar-refractivity contribution in [2.75, 3.05) is 5.32 Å². The number of pyridine rings is 1. The number of nitrogens with one attached hydrogen (secondary N) is 1. The van der Waals surface area contributed by atoms with Gasteiger partial charge in [0.15, 0.2) is 11.2 Å². The molecule has 4 nitrogen and oxygen atoms in total. The Morgan fingerprint density at radius 3 is 2.22 bits per heavy atom. The van der Waals surface area contributed by atoms with Crippen molar-refractivity contribution in [1.82, 2.24) is 0 Å². The number of halogens is 2. The molecule has 0 unspecified atom stereocenters. The first kappa shape index (κ1) is 20.5. The SMILES string of the molecule is O=C(Nc1sc2c3ccccc3c(Br)c[n+]2c1C(=O)c1ccc(F)cc1)c1ccccc1. The fourth-order valence-corrected chi connectivity index (χ4v) is 5.28. The number of hydrogen-bond donors (Lipinski definition) is 1. The predicted octanol–water partition coefficient (Wildman–Crippen LogP) is 6.02. The third kappa shape index (κ3) is 3.59. The van der Waals surface area contributed by atoms with E-state index in [-0.39, 0.29) is 11.7 Å². The van der Waals surface area contributed by atoms with E-state index < -0.39 is 5.82 Å². The summed E-state index contributed by atoms with van der Waals surface area (Å²) in [7, 11) is 0. The van der Waals surface area contributed by atoms with Gasteiger partial charge in [0.05, 0.1) is 9.86 Å². The molecule has 0 radical (unpaired) electrons. The maximum absolute atomic E-state index is 13.5. The molecule has 7 heteroatoms. The highest BCUT2D eigenvalue weighted by molar-refractivity contribution is 9.10. The number of amides is 1. The second-order valence-corrected chi connectivity index (χ2v) is 8.99. The molecule has 1 amide bonds. The molecule has 0 aliphatic heterocycles. The smallest absolute Gasteiger partial charge is 0.294 e. The molecule has 32 heavy (non-hydrogen) atoms. The summed E-state index contributed by atoms with van der Waals surface area (Å²) < 4.78 is 16.0. The zero-order valence-electron chi connectivity index (χ0n) is 16.5. The summed E-state index contributed by atoms with van der Waals surface area (Å²) in [6, 6.07) is 22.0. The van der Waals surface area contributed by atoms with E-state index >= 15 is 0 Å². The molecule has 1 N–H and O–H groups in total. The predicted molar refractivity (Wildman–Crippen MR) is 127 cm³/mol. The molecule has 0 saturated carbocycles. The second-order valence-electron chi connectivity index (χ2n) is 7.13. The molecule has 0 spiro atoms. The fourth-order valence-electron chi connectivity index (χ4n) is 3.57. The normalized spacial score (nSPS) is 11.1. The molecule has 0 bridgehead atoms. The zero-order valence-corrected chi connectivity index (χ0v) is 18.9. The van der Waals surface area contributed by atoms with Gasteiger partial charge in [-0.15, -0.1) is 4.40 Å². The number of anilines is 1. The van der Waals surface area contributed by atoms with Crippen LogP contribution in [0.3, 0.4) is 0 Å². The van der Waals surface area contributed by atoms with Crippen LogP contribution in [0, 0.1) is 5.82 Å². The van der Waals surface area contributed by atoms with Crippen molar-refractivity contribution in [2.24, 2.45) is 0 Å². The largest absolute Gasteiger partial charge is 0.308 e. The van der Waals surface area contributed by atoms with Gasteiger partial charge in [0, 0.05) is 16.5 Å². The Labute approximate surface area is 195 Å². The van der Waals surface area contributed by atoms with Crippen LogP contribution in [-0.4, -0.2) is 11.7 Å². The second kappa shape index (κ2) is 8.26. The van der Waals surface area contributed by atoms with Gasteiger partial charge in [0.2, 0.25) is 0 Å². The summed E-state index contributed by atoms with van der Waals surface area (Å²) in [5.41, 5.74) is 1.13. The lowest BCUT2D eigenvalue weighted by molar-refractivity contribution is -0.508. The Morgan fingerprint density at radius 2 is 1.50 bits per heavy atom. The van der Waals surface area contributed by atoms with Crippen molar-refractivity contribution in [3.05, 3.63) is 112 Å². The van der Waals surface area contributed by atoms with E-state index in [0.717, 1.165) is 20.1 Å². The van der Waals surface area contributed by atoms with Crippen molar-refractivity contribution in [2.45, 2.75) is 0 Å². The number of fused-ring (bicyclic) bond motifs is 3. The molecule has 2 heterocycles. The van der Waals surface area contributed by atoms with Gasteiger partial charge in [-0.25, -0.2) is 4.39 Å². The monoisotopic (exact) mass is 505 g/mol. The summed E-state index contributed by atoms with van der Waals surface area (Å²) in [5.74, 6) is -1.04. The van der Waals surface area contributed by atoms with Crippen molar-refractivity contribution in [3.63, 3.8) is 0 Å². The average Bonchev–Trinajstić information content (AvgIpc) is 3.17. The Balaban J connectivity index is 1.73. The molecular formula is C25H15BrFN2O2S+. The van der Waals surface area contributed by atoms with Crippen LogP contribution in [0.15, 0.2) is 89.5 Å². The highest BCUT2D eigenvalue weighted by Gasteiger charge is 2.32. The maximum Gasteiger partial charge on any atom is 0.294 e. The lowest BCUT2D eigenvalue weighted by atomic mass is 10.1. The van der Waals surface area contributed by atoms with Crippen LogP contribution in [0.5, 0.6) is 0 Å². The van der Waals surface area contributed by atoms with Gasteiger partial charge in [0.1, 0.15) is 5.82 Å². The van der Waals surface area contributed by atoms with Gasteiger partial charge in [-0.1, -0.05) is 36.4 Å². The molecule has 0 saturated heterocycles. The molecule has 2 aromatic heterocycles. The summed E-state index contributed by atoms with van der Waals surface area (Å²) in [5, 5.41) is 5.28. The summed E-state index contributed by atoms with van der Waals surface area (Å²) in [6.07, 6.45) is 1.82. The van der Waals surface area contributed by atoms with Crippen LogP contribution in [-0.2, 0) is 0 Å². The lowest BCUT2D eigenvalue weighted by Gasteiger charge is -2.03. The van der Waals surface area contributed by atoms with E-state index in [1.54, 1.807) is 28.7 Å². The van der Waals surface area contributed by atoms with Gasteiger partial charge in [-0.2, -0.15) is 0 Å². The van der Waals surface area contributed by atoms with E-state index in [0.29, 0.717) is 21.8 Å². The number of ketones is 1. The van der Waals surface area contributed by atoms with Gasteiger partial charge < -0.3 is 5.32 Å². The van der Waals surface area contributed by atoms with Crippen molar-refractivity contribution >= 4 is 59.6 Å². The zero-order chi connectivity index (χ0) is 22.2. The number of hydrogen-bond acceptors (Lipinski definition) is 3. The van der Waals surface area contributed by atoms with Crippen LogP contribution in [0.25, 0.3) is 15.6 Å². The average molecular weight is 506 g/mol. The standard InChI is InChI=1S/C25H14BrFN2O2S/c26-20-14-29-21(22(30)15-10-12-17(27)13-11-15)24(28-23(31)16-6-2-1-3-7-16)32-25(29)19-9-5-4-8-18(19)20/h1-14H/p+1. The van der Waals surface area contributed by atoms with Gasteiger partial charge in [0.25, 0.3) is 22.2 Å². The van der Waals surface area contributed by atoms with Crippen LogP contribution >= 0.6 is 27.3 Å². The van der Waals surface area contributed by atoms with Crippen LogP contribution < -0.4 is 9.72 Å². The number of thiazole rings is 1. The first-order valence-corrected chi connectivity index (χ1v) is 11.4. The van der Waals surface area contributed by atoms with Crippen LogP contribution in [0.2, 0.25) is 0 Å². The molecule has 3 aromatic carbocycles. The van der Waals surface area contributed by atoms with Crippen LogP contribution in [0.1, 0.15) is 26.4 Å². The number of carbonyl (C=O) groups excluding carboxylic acids is 2. The maximum atomic E-state index is 13.5. The first-order valence-electron chi connectivity index (χ1n) is 9.75. The molecule has 5 aromatic rings. The molecular weight excluding hydrogens is 491 g/mol. The number of nitrogens with zero attached hydrogens (tertiary/aromatic N) is 1. The summed E-state index contributed by atoms with van der Waals surface area (Å²) >= 11 is 4.93. The topological polar surface area (TPSA) is 50.3 Å². The highest BCUT2D eigenvalue weighted by Crippen LogP contribution is 2.33. The Morgan fingerprint density at radius 1 is 0.844 bits per heavy atom. The minimum atomic E-state index is -0.421. The molecule has 5 rings (SSSR count). The van der Waals surface area contributed by atoms with Crippen molar-refractivity contribution in [3.8, 4) is 0 Å². The van der Waals surface area contributed by atoms with Gasteiger partial charge >= 0.3 is 0 Å². The number of rotatable bonds is 4. The van der Waals surface area contributed by atoms with E-state index in [2.05, 4.69) is 21.2 Å². The molecule has 0 atom stereocenters. The third-order valence-electron chi connectivity index (χ3n) is 5.12. The lowest BCUT2D eigenvalue weighted by Crippen LogP contribution is -2.29. The van der Waals surface area contributed by atoms with Crippen molar-refractivity contribution < 1.29 is 18.4 Å². The third-order valence-corrected chi connectivity index (χ3v) is 6.86. The van der Waals surface area contributed by atoms with Crippen LogP contribution in [0.4, 0.5) is 9.39 Å². The van der Waals surface area contributed by atoms with E-state index in [1.807, 2.05) is 36.5 Å². The minimum absolute atomic E-state index is 0.311. The fraction of sp³-hybridized carbons (Fsp3) is 0. The van der Waals surface area contributed by atoms with Gasteiger partial charge in [-0.3, -0.25) is 9.59 Å². The summed E-state index contributed by atoms with van der Waals surface area (Å²) in [4.78, 5) is 27.2. The number of aromatic nitrogens is 1. The first-order chi connectivity index (χ1) is 15.5. The Bertz CT molecular complexity index is 1500. The highest BCUT2D eigenvalue weighted by atomic mass is 79.9. The number of carbonyl (C=O) groups is 2. The van der Waals surface area contributed by atoms with E-state index in [4.69, 9.17) is 0 Å². The van der Waals surface area contributed by atoms with E-state index in [1.165, 1.54) is 35.6 Å². The molecule has 156 valence electrons. The Kier molecular flexibility index (Phi) is 5.28.